The zero-order chi connectivity index (χ0) is 19.2. The van der Waals surface area contributed by atoms with Crippen LogP contribution in [0.5, 0.6) is 0 Å². The van der Waals surface area contributed by atoms with Crippen LogP contribution < -0.4 is 0 Å². The van der Waals surface area contributed by atoms with Gasteiger partial charge in [-0.1, -0.05) is 55.1 Å². The first-order chi connectivity index (χ1) is 13.0. The molecule has 1 heterocycles. The predicted molar refractivity (Wildman–Crippen MR) is 105 cm³/mol. The molecule has 8 heteroatoms. The van der Waals surface area contributed by atoms with Crippen LogP contribution in [0.15, 0.2) is 23.4 Å². The number of aromatic nitrogens is 3. The lowest BCUT2D eigenvalue weighted by Crippen LogP contribution is -2.28. The van der Waals surface area contributed by atoms with Gasteiger partial charge in [0.2, 0.25) is 11.1 Å². The highest BCUT2D eigenvalue weighted by molar-refractivity contribution is 7.99. The molecule has 1 aliphatic rings. The highest BCUT2D eigenvalue weighted by atomic mass is 35.5. The summed E-state index contributed by atoms with van der Waals surface area (Å²) < 4.78 is 13.9. The molecule has 27 heavy (non-hydrogen) atoms. The van der Waals surface area contributed by atoms with E-state index in [1.54, 1.807) is 19.2 Å². The summed E-state index contributed by atoms with van der Waals surface area (Å²) in [5, 5.41) is 8.04. The van der Waals surface area contributed by atoms with Crippen LogP contribution in [0.25, 0.3) is 0 Å². The van der Waals surface area contributed by atoms with Gasteiger partial charge in [-0.2, -0.15) is 0 Å². The first-order valence-electron chi connectivity index (χ1n) is 9.24. The number of nitrogens with one attached hydrogen (secondary N) is 1. The fraction of sp³-hybridized carbons (Fsp3) is 0.526. The Morgan fingerprint density at radius 1 is 1.41 bits per heavy atom. The van der Waals surface area contributed by atoms with E-state index >= 15 is 0 Å². The highest BCUT2D eigenvalue weighted by Crippen LogP contribution is 2.28. The molecule has 146 valence electrons. The van der Waals surface area contributed by atoms with Gasteiger partial charge in [0.15, 0.2) is 0 Å². The molecule has 1 amide bonds. The second kappa shape index (κ2) is 9.55. The molecule has 0 bridgehead atoms. The zero-order valence-corrected chi connectivity index (χ0v) is 17.0. The zero-order valence-electron chi connectivity index (χ0n) is 15.4. The molecule has 2 aromatic rings. The van der Waals surface area contributed by atoms with Crippen LogP contribution in [-0.2, 0) is 17.8 Å². The van der Waals surface area contributed by atoms with Gasteiger partial charge in [0.05, 0.1) is 5.75 Å². The summed E-state index contributed by atoms with van der Waals surface area (Å²) >= 11 is 7.31. The standard InChI is InChI=1S/C19H24ClFN4OS/c1-25(11-14-15(20)7-4-8-16(14)21)18(26)12-27-19-22-17(23-24-19)10-9-13-5-2-3-6-13/h4,7-8,13H,2-3,5-6,9-12H2,1H3,(H,22,23,24). The van der Waals surface area contributed by atoms with E-state index in [1.165, 1.54) is 48.4 Å². The Morgan fingerprint density at radius 2 is 2.19 bits per heavy atom. The molecule has 1 aromatic heterocycles. The number of benzene rings is 1. The SMILES string of the molecule is CN(Cc1c(F)cccc1Cl)C(=O)CSc1n[nH]c(CCC2CCCC2)n1. The largest absolute Gasteiger partial charge is 0.341 e. The topological polar surface area (TPSA) is 61.9 Å². The molecule has 0 aliphatic heterocycles. The van der Waals surface area contributed by atoms with Crippen molar-refractivity contribution in [3.05, 3.63) is 40.4 Å². The molecular formula is C19H24ClFN4OS. The van der Waals surface area contributed by atoms with Gasteiger partial charge in [0.1, 0.15) is 11.6 Å². The Balaban J connectivity index is 1.45. The second-order valence-corrected chi connectivity index (χ2v) is 8.34. The summed E-state index contributed by atoms with van der Waals surface area (Å²) in [5.41, 5.74) is 0.326. The first kappa shape index (κ1) is 20.1. The van der Waals surface area contributed by atoms with Crippen LogP contribution in [-0.4, -0.2) is 38.8 Å². The fourth-order valence-electron chi connectivity index (χ4n) is 3.34. The minimum Gasteiger partial charge on any atom is -0.341 e. The van der Waals surface area contributed by atoms with Crippen LogP contribution in [0.4, 0.5) is 4.39 Å². The Kier molecular flexibility index (Phi) is 7.13. The molecule has 5 nitrogen and oxygen atoms in total. The van der Waals surface area contributed by atoms with E-state index in [0.717, 1.165) is 24.6 Å². The van der Waals surface area contributed by atoms with Crippen LogP contribution in [0.1, 0.15) is 43.5 Å². The summed E-state index contributed by atoms with van der Waals surface area (Å²) in [4.78, 5) is 18.2. The van der Waals surface area contributed by atoms with Gasteiger partial charge < -0.3 is 4.90 Å². The number of amides is 1. The number of thioether (sulfide) groups is 1. The van der Waals surface area contributed by atoms with E-state index in [1.807, 2.05) is 0 Å². The summed E-state index contributed by atoms with van der Waals surface area (Å²) in [5.74, 6) is 1.35. The molecule has 0 unspecified atom stereocenters. The number of carbonyl (C=O) groups excluding carboxylic acids is 1. The second-order valence-electron chi connectivity index (χ2n) is 6.99. The van der Waals surface area contributed by atoms with Crippen LogP contribution in [0, 0.1) is 11.7 Å². The highest BCUT2D eigenvalue weighted by Gasteiger charge is 2.17. The molecular weight excluding hydrogens is 387 g/mol. The van der Waals surface area contributed by atoms with Gasteiger partial charge in [-0.15, -0.1) is 5.10 Å². The Hall–Kier alpha value is -1.60. The van der Waals surface area contributed by atoms with Gasteiger partial charge in [-0.25, -0.2) is 9.37 Å². The summed E-state index contributed by atoms with van der Waals surface area (Å²) in [7, 11) is 1.64. The number of carbonyl (C=O) groups is 1. The molecule has 0 saturated heterocycles. The number of aryl methyl sites for hydroxylation is 1. The van der Waals surface area contributed by atoms with E-state index in [-0.39, 0.29) is 18.2 Å². The fourth-order valence-corrected chi connectivity index (χ4v) is 4.32. The molecule has 1 fully saturated rings. The van der Waals surface area contributed by atoms with E-state index in [0.29, 0.717) is 15.7 Å². The molecule has 1 aliphatic carbocycles. The molecule has 0 radical (unpaired) electrons. The number of aromatic amines is 1. The minimum absolute atomic E-state index is 0.128. The van der Waals surface area contributed by atoms with Crippen molar-refractivity contribution in [1.82, 2.24) is 20.1 Å². The maximum atomic E-state index is 13.9. The van der Waals surface area contributed by atoms with Gasteiger partial charge in [0.25, 0.3) is 0 Å². The Bertz CT molecular complexity index is 759. The lowest BCUT2D eigenvalue weighted by atomic mass is 10.0. The monoisotopic (exact) mass is 410 g/mol. The summed E-state index contributed by atoms with van der Waals surface area (Å²) in [6.07, 6.45) is 7.37. The average Bonchev–Trinajstić information content (AvgIpc) is 3.32. The van der Waals surface area contributed by atoms with E-state index in [4.69, 9.17) is 11.6 Å². The number of hydrogen-bond acceptors (Lipinski definition) is 4. The summed E-state index contributed by atoms with van der Waals surface area (Å²) in [6.45, 7) is 0.130. The molecule has 1 N–H and O–H groups in total. The lowest BCUT2D eigenvalue weighted by Gasteiger charge is -2.18. The lowest BCUT2D eigenvalue weighted by molar-refractivity contribution is -0.127. The first-order valence-corrected chi connectivity index (χ1v) is 10.6. The van der Waals surface area contributed by atoms with Gasteiger partial charge in [-0.3, -0.25) is 9.89 Å². The van der Waals surface area contributed by atoms with Crippen molar-refractivity contribution < 1.29 is 9.18 Å². The van der Waals surface area contributed by atoms with Gasteiger partial charge in [0, 0.05) is 30.6 Å². The quantitative estimate of drug-likeness (QED) is 0.652. The number of nitrogens with zero attached hydrogens (tertiary/aromatic N) is 3. The van der Waals surface area contributed by atoms with E-state index in [2.05, 4.69) is 15.2 Å². The smallest absolute Gasteiger partial charge is 0.233 e. The number of halogens is 2. The molecule has 0 spiro atoms. The molecule has 1 saturated carbocycles. The third-order valence-corrected chi connectivity index (χ3v) is 6.17. The maximum absolute atomic E-state index is 13.9. The third kappa shape index (κ3) is 5.69. The maximum Gasteiger partial charge on any atom is 0.233 e. The van der Waals surface area contributed by atoms with E-state index < -0.39 is 5.82 Å². The van der Waals surface area contributed by atoms with Crippen molar-refractivity contribution in [3.8, 4) is 0 Å². The van der Waals surface area contributed by atoms with E-state index in [9.17, 15) is 9.18 Å². The van der Waals surface area contributed by atoms with Crippen LogP contribution in [0.3, 0.4) is 0 Å². The molecule has 3 rings (SSSR count). The number of H-pyrrole nitrogens is 1. The van der Waals surface area contributed by atoms with Crippen LogP contribution in [0.2, 0.25) is 5.02 Å². The molecule has 1 aromatic carbocycles. The van der Waals surface area contributed by atoms with Crippen molar-refractivity contribution in [2.24, 2.45) is 5.92 Å². The van der Waals surface area contributed by atoms with Crippen molar-refractivity contribution in [2.45, 2.75) is 50.2 Å². The van der Waals surface area contributed by atoms with Crippen LogP contribution >= 0.6 is 23.4 Å². The minimum atomic E-state index is -0.407. The summed E-state index contributed by atoms with van der Waals surface area (Å²) in [6, 6.07) is 4.51. The third-order valence-electron chi connectivity index (χ3n) is 4.98. The van der Waals surface area contributed by atoms with Gasteiger partial charge in [-0.05, 0) is 24.5 Å². The molecule has 0 atom stereocenters. The normalized spacial score (nSPS) is 14.6. The van der Waals surface area contributed by atoms with Gasteiger partial charge >= 0.3 is 0 Å². The Labute approximate surface area is 168 Å². The van der Waals surface area contributed by atoms with Crippen molar-refractivity contribution in [1.29, 1.82) is 0 Å². The Morgan fingerprint density at radius 3 is 2.93 bits per heavy atom. The predicted octanol–water partition coefficient (Wildman–Crippen LogP) is 4.47. The average molecular weight is 411 g/mol. The van der Waals surface area contributed by atoms with Crippen molar-refractivity contribution in [2.75, 3.05) is 12.8 Å². The van der Waals surface area contributed by atoms with Crippen molar-refractivity contribution >= 4 is 29.3 Å². The van der Waals surface area contributed by atoms with Crippen molar-refractivity contribution in [3.63, 3.8) is 0 Å². The number of hydrogen-bond donors (Lipinski definition) is 1. The number of rotatable bonds is 8.